The first-order chi connectivity index (χ1) is 11.5. The highest BCUT2D eigenvalue weighted by molar-refractivity contribution is 7.89. The van der Waals surface area contributed by atoms with E-state index in [2.05, 4.69) is 15.0 Å². The first kappa shape index (κ1) is 16.6. The molecule has 0 unspecified atom stereocenters. The van der Waals surface area contributed by atoms with Crippen LogP contribution in [0.25, 0.3) is 0 Å². The smallest absolute Gasteiger partial charge is 0.251 e. The first-order valence-corrected chi connectivity index (χ1v) is 9.24. The van der Waals surface area contributed by atoms with Gasteiger partial charge in [0, 0.05) is 30.5 Å². The van der Waals surface area contributed by atoms with Crippen molar-refractivity contribution in [2.24, 2.45) is 0 Å². The van der Waals surface area contributed by atoms with Gasteiger partial charge in [0.25, 0.3) is 5.91 Å². The van der Waals surface area contributed by atoms with Crippen molar-refractivity contribution in [2.45, 2.75) is 37.2 Å². The molecule has 0 spiro atoms. The molecule has 1 heterocycles. The van der Waals surface area contributed by atoms with Crippen molar-refractivity contribution in [3.8, 4) is 0 Å². The van der Waals surface area contributed by atoms with Gasteiger partial charge < -0.3 is 5.32 Å². The molecule has 24 heavy (non-hydrogen) atoms. The molecule has 0 saturated heterocycles. The van der Waals surface area contributed by atoms with E-state index in [4.69, 9.17) is 0 Å². The van der Waals surface area contributed by atoms with Crippen LogP contribution in [-0.2, 0) is 16.6 Å². The monoisotopic (exact) mass is 345 g/mol. The quantitative estimate of drug-likeness (QED) is 0.835. The van der Waals surface area contributed by atoms with Gasteiger partial charge in [0.15, 0.2) is 0 Å². The van der Waals surface area contributed by atoms with E-state index in [1.54, 1.807) is 31.5 Å². The summed E-state index contributed by atoms with van der Waals surface area (Å²) in [4.78, 5) is 16.5. The minimum absolute atomic E-state index is 0.0270. The molecule has 1 aliphatic carbocycles. The molecule has 1 aromatic heterocycles. The van der Waals surface area contributed by atoms with Gasteiger partial charge in [-0.25, -0.2) is 13.1 Å². The Morgan fingerprint density at radius 3 is 2.75 bits per heavy atom. The fraction of sp³-hybridized carbons (Fsp3) is 0.294. The fourth-order valence-corrected chi connectivity index (χ4v) is 3.61. The Bertz CT molecular complexity index is 847. The van der Waals surface area contributed by atoms with E-state index in [0.717, 1.165) is 24.0 Å². The molecule has 2 N–H and O–H groups in total. The summed E-state index contributed by atoms with van der Waals surface area (Å²) in [7, 11) is -3.58. The molecule has 1 aliphatic rings. The highest BCUT2D eigenvalue weighted by Gasteiger charge is 2.28. The van der Waals surface area contributed by atoms with E-state index in [-0.39, 0.29) is 16.8 Å². The maximum absolute atomic E-state index is 12.4. The van der Waals surface area contributed by atoms with Gasteiger partial charge >= 0.3 is 0 Å². The van der Waals surface area contributed by atoms with Gasteiger partial charge in [-0.05, 0) is 49.1 Å². The number of hydrogen-bond donors (Lipinski definition) is 2. The summed E-state index contributed by atoms with van der Waals surface area (Å²) in [6.45, 7) is 2.12. The Kier molecular flexibility index (Phi) is 4.64. The number of carbonyl (C=O) groups is 1. The summed E-state index contributed by atoms with van der Waals surface area (Å²) < 4.78 is 27.2. The molecule has 1 aromatic carbocycles. The molecule has 3 rings (SSSR count). The summed E-state index contributed by atoms with van der Waals surface area (Å²) in [6.07, 6.45) is 5.07. The summed E-state index contributed by atoms with van der Waals surface area (Å²) in [6, 6.07) is 8.29. The maximum Gasteiger partial charge on any atom is 0.251 e. The standard InChI is InChI=1S/C17H19N3O3S/c1-12-4-7-15(24(22,23)20-14-5-6-14)9-16(12)17(21)19-11-13-3-2-8-18-10-13/h2-4,7-10,14,20H,5-6,11H2,1H3,(H,19,21). The second-order valence-corrected chi connectivity index (χ2v) is 7.63. The van der Waals surface area contributed by atoms with Crippen molar-refractivity contribution in [1.82, 2.24) is 15.0 Å². The number of amides is 1. The average molecular weight is 345 g/mol. The molecular weight excluding hydrogens is 326 g/mol. The lowest BCUT2D eigenvalue weighted by Gasteiger charge is -2.11. The predicted molar refractivity (Wildman–Crippen MR) is 89.9 cm³/mol. The maximum atomic E-state index is 12.4. The van der Waals surface area contributed by atoms with Crippen molar-refractivity contribution in [2.75, 3.05) is 0 Å². The van der Waals surface area contributed by atoms with Gasteiger partial charge in [0.1, 0.15) is 0 Å². The summed E-state index contributed by atoms with van der Waals surface area (Å²) in [5, 5.41) is 2.79. The molecule has 1 amide bonds. The van der Waals surface area contributed by atoms with Crippen molar-refractivity contribution in [3.05, 3.63) is 59.4 Å². The minimum Gasteiger partial charge on any atom is -0.348 e. The Balaban J connectivity index is 1.76. The zero-order valence-corrected chi connectivity index (χ0v) is 14.1. The van der Waals surface area contributed by atoms with Crippen LogP contribution in [0.15, 0.2) is 47.6 Å². The van der Waals surface area contributed by atoms with Crippen LogP contribution in [0.2, 0.25) is 0 Å². The number of aryl methyl sites for hydroxylation is 1. The Hall–Kier alpha value is -2.25. The normalized spacial score (nSPS) is 14.4. The number of pyridine rings is 1. The van der Waals surface area contributed by atoms with Crippen LogP contribution >= 0.6 is 0 Å². The van der Waals surface area contributed by atoms with E-state index in [9.17, 15) is 13.2 Å². The minimum atomic E-state index is -3.58. The Morgan fingerprint density at radius 2 is 2.08 bits per heavy atom. The lowest BCUT2D eigenvalue weighted by atomic mass is 10.1. The third kappa shape index (κ3) is 3.98. The van der Waals surface area contributed by atoms with Gasteiger partial charge in [-0.1, -0.05) is 12.1 Å². The zero-order valence-electron chi connectivity index (χ0n) is 13.3. The molecule has 1 saturated carbocycles. The molecule has 2 aromatic rings. The van der Waals surface area contributed by atoms with Crippen LogP contribution in [0.3, 0.4) is 0 Å². The molecule has 0 radical (unpaired) electrons. The molecule has 0 bridgehead atoms. The molecule has 126 valence electrons. The Morgan fingerprint density at radius 1 is 1.29 bits per heavy atom. The fourth-order valence-electron chi connectivity index (χ4n) is 2.28. The van der Waals surface area contributed by atoms with E-state index in [0.29, 0.717) is 12.1 Å². The van der Waals surface area contributed by atoms with Crippen molar-refractivity contribution in [3.63, 3.8) is 0 Å². The van der Waals surface area contributed by atoms with Crippen molar-refractivity contribution < 1.29 is 13.2 Å². The first-order valence-electron chi connectivity index (χ1n) is 7.76. The highest BCUT2D eigenvalue weighted by atomic mass is 32.2. The van der Waals surface area contributed by atoms with Gasteiger partial charge in [-0.15, -0.1) is 0 Å². The highest BCUT2D eigenvalue weighted by Crippen LogP contribution is 2.23. The van der Waals surface area contributed by atoms with Crippen molar-refractivity contribution in [1.29, 1.82) is 0 Å². The summed E-state index contributed by atoms with van der Waals surface area (Å²) >= 11 is 0. The SMILES string of the molecule is Cc1ccc(S(=O)(=O)NC2CC2)cc1C(=O)NCc1cccnc1. The van der Waals surface area contributed by atoms with Crippen LogP contribution in [0.5, 0.6) is 0 Å². The number of rotatable bonds is 6. The van der Waals surface area contributed by atoms with E-state index < -0.39 is 10.0 Å². The molecular formula is C17H19N3O3S. The molecule has 7 heteroatoms. The van der Waals surface area contributed by atoms with E-state index in [1.165, 1.54) is 12.1 Å². The predicted octanol–water partition coefficient (Wildman–Crippen LogP) is 1.76. The van der Waals surface area contributed by atoms with Gasteiger partial charge in [-0.3, -0.25) is 9.78 Å². The third-order valence-electron chi connectivity index (χ3n) is 3.84. The number of benzene rings is 1. The second-order valence-electron chi connectivity index (χ2n) is 5.92. The molecule has 0 atom stereocenters. The van der Waals surface area contributed by atoms with Gasteiger partial charge in [0.05, 0.1) is 4.90 Å². The zero-order chi connectivity index (χ0) is 17.2. The number of aromatic nitrogens is 1. The van der Waals surface area contributed by atoms with Crippen LogP contribution in [0.4, 0.5) is 0 Å². The van der Waals surface area contributed by atoms with E-state index >= 15 is 0 Å². The number of sulfonamides is 1. The molecule has 6 nitrogen and oxygen atoms in total. The number of hydrogen-bond acceptors (Lipinski definition) is 4. The Labute approximate surface area is 141 Å². The summed E-state index contributed by atoms with van der Waals surface area (Å²) in [5.74, 6) is -0.306. The molecule has 1 fully saturated rings. The molecule has 0 aliphatic heterocycles. The van der Waals surface area contributed by atoms with Gasteiger partial charge in [0.2, 0.25) is 10.0 Å². The second kappa shape index (κ2) is 6.70. The average Bonchev–Trinajstić information content (AvgIpc) is 3.37. The topological polar surface area (TPSA) is 88.2 Å². The van der Waals surface area contributed by atoms with Crippen LogP contribution in [0.1, 0.15) is 34.3 Å². The third-order valence-corrected chi connectivity index (χ3v) is 5.36. The van der Waals surface area contributed by atoms with Crippen molar-refractivity contribution >= 4 is 15.9 Å². The van der Waals surface area contributed by atoms with Crippen LogP contribution in [0, 0.1) is 6.92 Å². The van der Waals surface area contributed by atoms with E-state index in [1.807, 2.05) is 6.07 Å². The largest absolute Gasteiger partial charge is 0.348 e. The number of nitrogens with zero attached hydrogens (tertiary/aromatic N) is 1. The number of nitrogens with one attached hydrogen (secondary N) is 2. The summed E-state index contributed by atoms with van der Waals surface area (Å²) in [5.41, 5.74) is 1.96. The van der Waals surface area contributed by atoms with Gasteiger partial charge in [-0.2, -0.15) is 0 Å². The van der Waals surface area contributed by atoms with Crippen LogP contribution in [-0.4, -0.2) is 25.4 Å². The lowest BCUT2D eigenvalue weighted by Crippen LogP contribution is -2.27. The van der Waals surface area contributed by atoms with Crippen LogP contribution < -0.4 is 10.0 Å². The lowest BCUT2D eigenvalue weighted by molar-refractivity contribution is 0.0950. The number of carbonyl (C=O) groups excluding carboxylic acids is 1.